The number of amides is 2. The third kappa shape index (κ3) is 4.74. The number of anilines is 1. The van der Waals surface area contributed by atoms with Gasteiger partial charge in [0.2, 0.25) is 0 Å². The summed E-state index contributed by atoms with van der Waals surface area (Å²) < 4.78 is 10.7. The molecule has 2 aromatic rings. The van der Waals surface area contributed by atoms with Gasteiger partial charge in [0, 0.05) is 19.6 Å². The first-order valence-electron chi connectivity index (χ1n) is 8.82. The molecule has 1 heterocycles. The van der Waals surface area contributed by atoms with Crippen LogP contribution in [-0.4, -0.2) is 50.9 Å². The number of para-hydroxylation sites is 2. The molecule has 2 aromatic carbocycles. The highest BCUT2D eigenvalue weighted by molar-refractivity contribution is 5.90. The highest BCUT2D eigenvalue weighted by Gasteiger charge is 2.23. The summed E-state index contributed by atoms with van der Waals surface area (Å²) in [5, 5.41) is 5.84. The number of hydrogen-bond acceptors (Lipinski definition) is 4. The summed E-state index contributed by atoms with van der Waals surface area (Å²) in [5.74, 6) is 0.635. The second kappa shape index (κ2) is 9.22. The fraction of sp³-hybridized carbons (Fsp3) is 0.350. The minimum Gasteiger partial charge on any atom is -0.495 e. The Balaban J connectivity index is 1.64. The van der Waals surface area contributed by atoms with Gasteiger partial charge in [0.05, 0.1) is 32.1 Å². The zero-order valence-corrected chi connectivity index (χ0v) is 15.0. The van der Waals surface area contributed by atoms with Gasteiger partial charge in [-0.05, 0) is 17.7 Å². The van der Waals surface area contributed by atoms with Crippen LogP contribution in [0.3, 0.4) is 0 Å². The molecule has 26 heavy (non-hydrogen) atoms. The van der Waals surface area contributed by atoms with Crippen molar-refractivity contribution >= 4 is 11.7 Å². The van der Waals surface area contributed by atoms with Crippen LogP contribution in [0.1, 0.15) is 11.6 Å². The van der Waals surface area contributed by atoms with E-state index < -0.39 is 0 Å². The van der Waals surface area contributed by atoms with Gasteiger partial charge in [-0.2, -0.15) is 0 Å². The molecule has 0 aliphatic carbocycles. The maximum atomic E-state index is 12.4. The minimum absolute atomic E-state index is 0.114. The summed E-state index contributed by atoms with van der Waals surface area (Å²) in [7, 11) is 1.59. The predicted octanol–water partition coefficient (Wildman–Crippen LogP) is 2.89. The molecule has 138 valence electrons. The van der Waals surface area contributed by atoms with E-state index in [1.807, 2.05) is 42.5 Å². The molecule has 1 aliphatic heterocycles. The Kier molecular flexibility index (Phi) is 6.46. The fourth-order valence-electron chi connectivity index (χ4n) is 3.13. The van der Waals surface area contributed by atoms with Crippen molar-refractivity contribution in [2.45, 2.75) is 6.04 Å². The Morgan fingerprint density at radius 1 is 1.12 bits per heavy atom. The number of nitrogens with one attached hydrogen (secondary N) is 2. The lowest BCUT2D eigenvalue weighted by Crippen LogP contribution is -2.44. The molecule has 1 saturated heterocycles. The molecule has 1 unspecified atom stereocenters. The van der Waals surface area contributed by atoms with Gasteiger partial charge in [-0.15, -0.1) is 0 Å². The minimum atomic E-state index is -0.247. The number of urea groups is 1. The molecule has 6 heteroatoms. The van der Waals surface area contributed by atoms with Crippen molar-refractivity contribution in [3.8, 4) is 5.75 Å². The van der Waals surface area contributed by atoms with Crippen LogP contribution in [0, 0.1) is 0 Å². The first-order valence-corrected chi connectivity index (χ1v) is 8.82. The topological polar surface area (TPSA) is 62.8 Å². The average molecular weight is 355 g/mol. The number of rotatable bonds is 6. The highest BCUT2D eigenvalue weighted by atomic mass is 16.5. The van der Waals surface area contributed by atoms with E-state index in [0.29, 0.717) is 18.0 Å². The van der Waals surface area contributed by atoms with Gasteiger partial charge >= 0.3 is 6.03 Å². The van der Waals surface area contributed by atoms with E-state index in [9.17, 15) is 4.79 Å². The average Bonchev–Trinajstić information content (AvgIpc) is 2.70. The molecule has 0 radical (unpaired) electrons. The zero-order valence-electron chi connectivity index (χ0n) is 15.0. The van der Waals surface area contributed by atoms with Crippen molar-refractivity contribution in [3.63, 3.8) is 0 Å². The lowest BCUT2D eigenvalue weighted by molar-refractivity contribution is 0.0168. The van der Waals surface area contributed by atoms with Crippen LogP contribution < -0.4 is 15.4 Å². The van der Waals surface area contributed by atoms with Crippen molar-refractivity contribution in [1.82, 2.24) is 10.2 Å². The second-order valence-corrected chi connectivity index (χ2v) is 6.11. The van der Waals surface area contributed by atoms with Crippen molar-refractivity contribution in [2.75, 3.05) is 45.3 Å². The Labute approximate surface area is 154 Å². The van der Waals surface area contributed by atoms with Gasteiger partial charge < -0.3 is 20.1 Å². The molecular weight excluding hydrogens is 330 g/mol. The molecule has 1 fully saturated rings. The van der Waals surface area contributed by atoms with E-state index in [0.717, 1.165) is 26.3 Å². The van der Waals surface area contributed by atoms with Gasteiger partial charge in [0.15, 0.2) is 0 Å². The molecule has 0 bridgehead atoms. The molecule has 2 N–H and O–H groups in total. The Bertz CT molecular complexity index is 702. The Morgan fingerprint density at radius 3 is 2.54 bits per heavy atom. The van der Waals surface area contributed by atoms with Crippen molar-refractivity contribution in [3.05, 3.63) is 60.2 Å². The molecule has 1 aliphatic rings. The van der Waals surface area contributed by atoms with E-state index in [2.05, 4.69) is 27.7 Å². The normalized spacial score (nSPS) is 15.9. The molecule has 3 rings (SSSR count). The quantitative estimate of drug-likeness (QED) is 0.836. The molecular formula is C20H25N3O3. The van der Waals surface area contributed by atoms with Crippen LogP contribution >= 0.6 is 0 Å². The standard InChI is InChI=1S/C20H25N3O3/c1-25-19-10-6-5-9-17(19)22-20(24)21-15-18(16-7-3-2-4-8-16)23-11-13-26-14-12-23/h2-10,18H,11-15H2,1H3,(H2,21,22,24). The molecule has 0 saturated carbocycles. The molecule has 0 spiro atoms. The summed E-state index contributed by atoms with van der Waals surface area (Å²) in [6, 6.07) is 17.5. The number of carbonyl (C=O) groups is 1. The Morgan fingerprint density at radius 2 is 1.81 bits per heavy atom. The second-order valence-electron chi connectivity index (χ2n) is 6.11. The maximum absolute atomic E-state index is 12.4. The van der Waals surface area contributed by atoms with E-state index in [-0.39, 0.29) is 12.1 Å². The maximum Gasteiger partial charge on any atom is 0.319 e. The van der Waals surface area contributed by atoms with Crippen molar-refractivity contribution in [2.24, 2.45) is 0 Å². The number of benzene rings is 2. The van der Waals surface area contributed by atoms with Crippen LogP contribution in [0.2, 0.25) is 0 Å². The van der Waals surface area contributed by atoms with Crippen LogP contribution in [0.5, 0.6) is 5.75 Å². The number of hydrogen-bond donors (Lipinski definition) is 2. The molecule has 6 nitrogen and oxygen atoms in total. The predicted molar refractivity (Wildman–Crippen MR) is 102 cm³/mol. The van der Waals surface area contributed by atoms with E-state index in [1.165, 1.54) is 5.56 Å². The highest BCUT2D eigenvalue weighted by Crippen LogP contribution is 2.23. The number of morpholine rings is 1. The van der Waals surface area contributed by atoms with Crippen molar-refractivity contribution < 1.29 is 14.3 Å². The van der Waals surface area contributed by atoms with Gasteiger partial charge in [0.1, 0.15) is 5.75 Å². The summed E-state index contributed by atoms with van der Waals surface area (Å²) in [5.41, 5.74) is 1.84. The first kappa shape index (κ1) is 18.2. The van der Waals surface area contributed by atoms with E-state index in [1.54, 1.807) is 7.11 Å². The number of nitrogens with zero attached hydrogens (tertiary/aromatic N) is 1. The number of ether oxygens (including phenoxy) is 2. The lowest BCUT2D eigenvalue weighted by atomic mass is 10.0. The number of methoxy groups -OCH3 is 1. The summed E-state index contributed by atoms with van der Waals surface area (Å²) in [6.45, 7) is 3.67. The largest absolute Gasteiger partial charge is 0.495 e. The summed E-state index contributed by atoms with van der Waals surface area (Å²) >= 11 is 0. The van der Waals surface area contributed by atoms with Crippen LogP contribution in [0.15, 0.2) is 54.6 Å². The van der Waals surface area contributed by atoms with Crippen molar-refractivity contribution in [1.29, 1.82) is 0 Å². The summed E-state index contributed by atoms with van der Waals surface area (Å²) in [4.78, 5) is 14.7. The fourth-order valence-corrected chi connectivity index (χ4v) is 3.13. The van der Waals surface area contributed by atoms with Crippen LogP contribution in [0.25, 0.3) is 0 Å². The molecule has 1 atom stereocenters. The van der Waals surface area contributed by atoms with E-state index in [4.69, 9.17) is 9.47 Å². The van der Waals surface area contributed by atoms with Gasteiger partial charge in [0.25, 0.3) is 0 Å². The number of carbonyl (C=O) groups excluding carboxylic acids is 1. The first-order chi connectivity index (χ1) is 12.8. The monoisotopic (exact) mass is 355 g/mol. The van der Waals surface area contributed by atoms with Gasteiger partial charge in [-0.3, -0.25) is 4.90 Å². The van der Waals surface area contributed by atoms with E-state index >= 15 is 0 Å². The smallest absolute Gasteiger partial charge is 0.319 e. The van der Waals surface area contributed by atoms with Crippen LogP contribution in [-0.2, 0) is 4.74 Å². The molecule has 2 amide bonds. The SMILES string of the molecule is COc1ccccc1NC(=O)NCC(c1ccccc1)N1CCOCC1. The van der Waals surface area contributed by atoms with Gasteiger partial charge in [-0.25, -0.2) is 4.79 Å². The third-order valence-electron chi connectivity index (χ3n) is 4.48. The summed E-state index contributed by atoms with van der Waals surface area (Å²) in [6.07, 6.45) is 0. The molecule has 0 aromatic heterocycles. The van der Waals surface area contributed by atoms with Crippen LogP contribution in [0.4, 0.5) is 10.5 Å². The zero-order chi connectivity index (χ0) is 18.2. The Hall–Kier alpha value is -2.57. The third-order valence-corrected chi connectivity index (χ3v) is 4.48. The van der Waals surface area contributed by atoms with Gasteiger partial charge in [-0.1, -0.05) is 42.5 Å². The lowest BCUT2D eigenvalue weighted by Gasteiger charge is -2.34.